The number of ether oxygens (including phenoxy) is 1. The minimum atomic E-state index is 0. The van der Waals surface area contributed by atoms with Gasteiger partial charge in [-0.05, 0) is 50.4 Å². The molecule has 2 fully saturated rings. The first-order valence-corrected chi connectivity index (χ1v) is 8.39. The lowest BCUT2D eigenvalue weighted by Crippen LogP contribution is -2.48. The van der Waals surface area contributed by atoms with Gasteiger partial charge in [-0.25, -0.2) is 0 Å². The lowest BCUT2D eigenvalue weighted by molar-refractivity contribution is -0.134. The molecule has 4 nitrogen and oxygen atoms in total. The molecule has 0 bridgehead atoms. The number of amides is 1. The van der Waals surface area contributed by atoms with Crippen LogP contribution in [0, 0.1) is 13.8 Å². The Balaban J connectivity index is 0.00000192. The van der Waals surface area contributed by atoms with E-state index >= 15 is 0 Å². The van der Waals surface area contributed by atoms with Gasteiger partial charge in [-0.15, -0.1) is 12.4 Å². The molecule has 2 saturated heterocycles. The van der Waals surface area contributed by atoms with Gasteiger partial charge in [-0.3, -0.25) is 4.79 Å². The number of hydrogen-bond acceptors (Lipinski definition) is 3. The minimum Gasteiger partial charge on any atom is -0.490 e. The van der Waals surface area contributed by atoms with E-state index in [0.29, 0.717) is 0 Å². The molecule has 128 valence electrons. The van der Waals surface area contributed by atoms with Crippen LogP contribution in [0.4, 0.5) is 0 Å². The Labute approximate surface area is 145 Å². The number of benzene rings is 1. The fourth-order valence-corrected chi connectivity index (χ4v) is 3.32. The largest absolute Gasteiger partial charge is 0.490 e. The number of carbonyl (C=O) groups excluding carboxylic acids is 1. The van der Waals surface area contributed by atoms with Gasteiger partial charge in [0.1, 0.15) is 11.9 Å². The summed E-state index contributed by atoms with van der Waals surface area (Å²) in [5, 5.41) is 3.30. The number of nitrogens with one attached hydrogen (secondary N) is 1. The summed E-state index contributed by atoms with van der Waals surface area (Å²) in [7, 11) is 0. The van der Waals surface area contributed by atoms with Crippen LogP contribution in [-0.4, -0.2) is 42.6 Å². The summed E-state index contributed by atoms with van der Waals surface area (Å²) in [6, 6.07) is 6.37. The maximum Gasteiger partial charge on any atom is 0.239 e. The molecule has 1 N–H and O–H groups in total. The predicted octanol–water partition coefficient (Wildman–Crippen LogP) is 2.85. The van der Waals surface area contributed by atoms with Crippen LogP contribution in [0.5, 0.6) is 5.75 Å². The van der Waals surface area contributed by atoms with Crippen LogP contribution in [-0.2, 0) is 4.79 Å². The monoisotopic (exact) mass is 338 g/mol. The number of rotatable bonds is 3. The van der Waals surface area contributed by atoms with E-state index in [-0.39, 0.29) is 30.5 Å². The Morgan fingerprint density at radius 2 is 1.96 bits per heavy atom. The molecular weight excluding hydrogens is 312 g/mol. The molecule has 0 radical (unpaired) electrons. The van der Waals surface area contributed by atoms with E-state index in [2.05, 4.69) is 37.4 Å². The van der Waals surface area contributed by atoms with Crippen molar-refractivity contribution in [2.24, 2.45) is 0 Å². The zero-order chi connectivity index (χ0) is 15.5. The second-order valence-corrected chi connectivity index (χ2v) is 6.56. The van der Waals surface area contributed by atoms with Crippen molar-refractivity contribution < 1.29 is 9.53 Å². The summed E-state index contributed by atoms with van der Waals surface area (Å²) in [5.41, 5.74) is 2.40. The minimum absolute atomic E-state index is 0. The van der Waals surface area contributed by atoms with Crippen molar-refractivity contribution in [2.45, 2.75) is 51.7 Å². The van der Waals surface area contributed by atoms with Gasteiger partial charge in [0.25, 0.3) is 0 Å². The van der Waals surface area contributed by atoms with E-state index in [9.17, 15) is 4.79 Å². The Bertz CT molecular complexity index is 536. The van der Waals surface area contributed by atoms with Crippen molar-refractivity contribution in [3.8, 4) is 5.75 Å². The molecule has 23 heavy (non-hydrogen) atoms. The summed E-state index contributed by atoms with van der Waals surface area (Å²) in [6.07, 6.45) is 4.17. The number of hydrogen-bond donors (Lipinski definition) is 1. The van der Waals surface area contributed by atoms with Crippen LogP contribution < -0.4 is 10.1 Å². The molecule has 1 atom stereocenters. The molecule has 0 spiro atoms. The third-order valence-corrected chi connectivity index (χ3v) is 4.75. The Morgan fingerprint density at radius 3 is 2.61 bits per heavy atom. The maximum atomic E-state index is 12.4. The van der Waals surface area contributed by atoms with Crippen LogP contribution in [0.25, 0.3) is 0 Å². The number of aryl methyl sites for hydroxylation is 2. The molecule has 1 aromatic carbocycles. The molecule has 0 saturated carbocycles. The third-order valence-electron chi connectivity index (χ3n) is 4.75. The number of piperidine rings is 1. The zero-order valence-corrected chi connectivity index (χ0v) is 14.8. The molecule has 1 aromatic rings. The van der Waals surface area contributed by atoms with E-state index < -0.39 is 0 Å². The third kappa shape index (κ3) is 4.39. The molecule has 2 aliphatic rings. The standard InChI is InChI=1S/C18H26N2O2.ClH/c1-13-5-6-14(2)17(12-13)22-15-7-10-20(11-8-15)18(21)16-4-3-9-19-16;/h5-6,12,15-16,19H,3-4,7-11H2,1-2H3;1H. The van der Waals surface area contributed by atoms with E-state index in [0.717, 1.165) is 51.1 Å². The average molecular weight is 339 g/mol. The fourth-order valence-electron chi connectivity index (χ4n) is 3.32. The van der Waals surface area contributed by atoms with Crippen molar-refractivity contribution in [2.75, 3.05) is 19.6 Å². The highest BCUT2D eigenvalue weighted by Gasteiger charge is 2.30. The normalized spacial score (nSPS) is 21.8. The first-order valence-electron chi connectivity index (χ1n) is 8.39. The smallest absolute Gasteiger partial charge is 0.239 e. The predicted molar refractivity (Wildman–Crippen MR) is 94.4 cm³/mol. The Morgan fingerprint density at radius 1 is 1.22 bits per heavy atom. The van der Waals surface area contributed by atoms with Crippen molar-refractivity contribution in [1.82, 2.24) is 10.2 Å². The number of likely N-dealkylation sites (tertiary alicyclic amines) is 1. The highest BCUT2D eigenvalue weighted by atomic mass is 35.5. The van der Waals surface area contributed by atoms with Gasteiger partial charge in [-0.1, -0.05) is 12.1 Å². The van der Waals surface area contributed by atoms with Crippen molar-refractivity contribution >= 4 is 18.3 Å². The Kier molecular flexibility index (Phi) is 6.31. The maximum absolute atomic E-state index is 12.4. The quantitative estimate of drug-likeness (QED) is 0.921. The van der Waals surface area contributed by atoms with E-state index in [1.54, 1.807) is 0 Å². The number of carbonyl (C=O) groups is 1. The molecule has 0 aliphatic carbocycles. The second-order valence-electron chi connectivity index (χ2n) is 6.56. The lowest BCUT2D eigenvalue weighted by atomic mass is 10.1. The average Bonchev–Trinajstić information content (AvgIpc) is 3.05. The molecule has 2 heterocycles. The topological polar surface area (TPSA) is 41.6 Å². The van der Waals surface area contributed by atoms with E-state index in [4.69, 9.17) is 4.74 Å². The van der Waals surface area contributed by atoms with Crippen LogP contribution in [0.1, 0.15) is 36.8 Å². The second kappa shape index (κ2) is 8.02. The first-order chi connectivity index (χ1) is 10.6. The highest BCUT2D eigenvalue weighted by Crippen LogP contribution is 2.24. The van der Waals surface area contributed by atoms with Gasteiger partial charge in [0, 0.05) is 25.9 Å². The number of nitrogens with zero attached hydrogens (tertiary/aromatic N) is 1. The van der Waals surface area contributed by atoms with Gasteiger partial charge in [-0.2, -0.15) is 0 Å². The Hall–Kier alpha value is -1.26. The summed E-state index contributed by atoms with van der Waals surface area (Å²) in [6.45, 7) is 6.77. The molecule has 3 rings (SSSR count). The number of halogens is 1. The van der Waals surface area contributed by atoms with Crippen LogP contribution in [0.15, 0.2) is 18.2 Å². The molecule has 2 aliphatic heterocycles. The van der Waals surface area contributed by atoms with Gasteiger partial charge < -0.3 is 15.0 Å². The van der Waals surface area contributed by atoms with Gasteiger partial charge in [0.15, 0.2) is 0 Å². The zero-order valence-electron chi connectivity index (χ0n) is 14.0. The van der Waals surface area contributed by atoms with E-state index in [1.807, 2.05) is 4.90 Å². The highest BCUT2D eigenvalue weighted by molar-refractivity contribution is 5.85. The molecular formula is C18H27ClN2O2. The lowest BCUT2D eigenvalue weighted by Gasteiger charge is -2.34. The van der Waals surface area contributed by atoms with Gasteiger partial charge in [0.05, 0.1) is 6.04 Å². The first kappa shape index (κ1) is 18.1. The summed E-state index contributed by atoms with van der Waals surface area (Å²) < 4.78 is 6.17. The van der Waals surface area contributed by atoms with Gasteiger partial charge >= 0.3 is 0 Å². The van der Waals surface area contributed by atoms with Crippen LogP contribution in [0.3, 0.4) is 0 Å². The van der Waals surface area contributed by atoms with E-state index in [1.165, 1.54) is 11.1 Å². The van der Waals surface area contributed by atoms with Crippen molar-refractivity contribution in [3.63, 3.8) is 0 Å². The molecule has 5 heteroatoms. The fraction of sp³-hybridized carbons (Fsp3) is 0.611. The SMILES string of the molecule is Cc1ccc(C)c(OC2CCN(C(=O)C3CCCN3)CC2)c1.Cl. The van der Waals surface area contributed by atoms with Crippen LogP contribution in [0.2, 0.25) is 0 Å². The molecule has 0 aromatic heterocycles. The molecule has 1 amide bonds. The van der Waals surface area contributed by atoms with Gasteiger partial charge in [0.2, 0.25) is 5.91 Å². The van der Waals surface area contributed by atoms with Crippen molar-refractivity contribution in [1.29, 1.82) is 0 Å². The molecule has 1 unspecified atom stereocenters. The summed E-state index contributed by atoms with van der Waals surface area (Å²) in [4.78, 5) is 14.4. The summed E-state index contributed by atoms with van der Waals surface area (Å²) >= 11 is 0. The summed E-state index contributed by atoms with van der Waals surface area (Å²) in [5.74, 6) is 1.27. The van der Waals surface area contributed by atoms with Crippen LogP contribution >= 0.6 is 12.4 Å². The van der Waals surface area contributed by atoms with Crippen molar-refractivity contribution in [3.05, 3.63) is 29.3 Å².